The van der Waals surface area contributed by atoms with E-state index >= 15 is 0 Å². The van der Waals surface area contributed by atoms with Gasteiger partial charge in [-0.3, -0.25) is 4.90 Å². The highest BCUT2D eigenvalue weighted by Gasteiger charge is 2.19. The number of aliphatic hydroxyl groups excluding tert-OH is 1. The summed E-state index contributed by atoms with van der Waals surface area (Å²) in [5, 5.41) is 9.54. The minimum Gasteiger partial charge on any atom is -0.491 e. The molecule has 4 heteroatoms. The minimum atomic E-state index is -0.468. The van der Waals surface area contributed by atoms with Crippen molar-refractivity contribution in [3.05, 3.63) is 29.8 Å². The van der Waals surface area contributed by atoms with E-state index in [0.29, 0.717) is 6.61 Å². The second kappa shape index (κ2) is 6.89. The molecule has 106 valence electrons. The Balaban J connectivity index is 1.86. The molecule has 2 unspecified atom stereocenters. The molecule has 1 aromatic rings. The summed E-state index contributed by atoms with van der Waals surface area (Å²) in [7, 11) is 0. The third-order valence-electron chi connectivity index (χ3n) is 3.45. The first-order valence-electron chi connectivity index (χ1n) is 6.94. The van der Waals surface area contributed by atoms with Gasteiger partial charge in [-0.1, -0.05) is 19.1 Å². The molecule has 1 aliphatic heterocycles. The zero-order valence-corrected chi connectivity index (χ0v) is 11.7. The minimum absolute atomic E-state index is 0.129. The van der Waals surface area contributed by atoms with Crippen LogP contribution in [0.3, 0.4) is 0 Å². The second-order valence-corrected chi connectivity index (χ2v) is 4.95. The fraction of sp³-hybridized carbons (Fsp3) is 0.600. The van der Waals surface area contributed by atoms with Crippen LogP contribution in [-0.4, -0.2) is 49.0 Å². The Morgan fingerprint density at radius 1 is 1.53 bits per heavy atom. The SMILES string of the molecule is CCN1CCOC(COc2cccc(C(C)O)c2)C1. The van der Waals surface area contributed by atoms with Gasteiger partial charge < -0.3 is 14.6 Å². The van der Waals surface area contributed by atoms with Gasteiger partial charge in [0.25, 0.3) is 0 Å². The van der Waals surface area contributed by atoms with Crippen LogP contribution < -0.4 is 4.74 Å². The molecule has 0 aromatic heterocycles. The maximum Gasteiger partial charge on any atom is 0.119 e. The van der Waals surface area contributed by atoms with Gasteiger partial charge in [-0.25, -0.2) is 0 Å². The Kier molecular flexibility index (Phi) is 5.19. The fourth-order valence-electron chi connectivity index (χ4n) is 2.22. The normalized spacial score (nSPS) is 22.2. The lowest BCUT2D eigenvalue weighted by atomic mass is 10.1. The highest BCUT2D eigenvalue weighted by atomic mass is 16.5. The predicted molar refractivity (Wildman–Crippen MR) is 74.4 cm³/mol. The quantitative estimate of drug-likeness (QED) is 0.882. The van der Waals surface area contributed by atoms with E-state index < -0.39 is 6.10 Å². The first-order chi connectivity index (χ1) is 9.19. The number of hydrogen-bond acceptors (Lipinski definition) is 4. The third-order valence-corrected chi connectivity index (χ3v) is 3.45. The van der Waals surface area contributed by atoms with E-state index in [1.165, 1.54) is 0 Å². The number of hydrogen-bond donors (Lipinski definition) is 1. The molecule has 2 atom stereocenters. The van der Waals surface area contributed by atoms with E-state index in [4.69, 9.17) is 9.47 Å². The van der Waals surface area contributed by atoms with E-state index in [1.807, 2.05) is 24.3 Å². The van der Waals surface area contributed by atoms with Crippen molar-refractivity contribution >= 4 is 0 Å². The predicted octanol–water partition coefficient (Wildman–Crippen LogP) is 1.84. The van der Waals surface area contributed by atoms with Crippen LogP contribution in [-0.2, 0) is 4.74 Å². The van der Waals surface area contributed by atoms with Crippen LogP contribution in [0.2, 0.25) is 0 Å². The van der Waals surface area contributed by atoms with Crippen LogP contribution in [0.4, 0.5) is 0 Å². The van der Waals surface area contributed by atoms with Crippen molar-refractivity contribution in [1.82, 2.24) is 4.90 Å². The van der Waals surface area contributed by atoms with Gasteiger partial charge in [0.05, 0.1) is 12.7 Å². The average Bonchev–Trinajstić information content (AvgIpc) is 2.45. The second-order valence-electron chi connectivity index (χ2n) is 4.95. The van der Waals surface area contributed by atoms with E-state index in [2.05, 4.69) is 11.8 Å². The van der Waals surface area contributed by atoms with Gasteiger partial charge in [0.2, 0.25) is 0 Å². The fourth-order valence-corrected chi connectivity index (χ4v) is 2.22. The largest absolute Gasteiger partial charge is 0.491 e. The molecule has 0 aliphatic carbocycles. The zero-order valence-electron chi connectivity index (χ0n) is 11.7. The first-order valence-corrected chi connectivity index (χ1v) is 6.94. The molecule has 0 amide bonds. The molecule has 1 aromatic carbocycles. The van der Waals surface area contributed by atoms with Crippen LogP contribution in [0.15, 0.2) is 24.3 Å². The van der Waals surface area contributed by atoms with Gasteiger partial charge in [0, 0.05) is 13.1 Å². The maximum absolute atomic E-state index is 9.54. The van der Waals surface area contributed by atoms with Crippen LogP contribution in [0.1, 0.15) is 25.5 Å². The summed E-state index contributed by atoms with van der Waals surface area (Å²) in [6.45, 7) is 8.22. The summed E-state index contributed by atoms with van der Waals surface area (Å²) >= 11 is 0. The molecule has 0 bridgehead atoms. The Hall–Kier alpha value is -1.10. The summed E-state index contributed by atoms with van der Waals surface area (Å²) in [4.78, 5) is 2.36. The summed E-state index contributed by atoms with van der Waals surface area (Å²) in [6.07, 6.45) is -0.339. The lowest BCUT2D eigenvalue weighted by Crippen LogP contribution is -2.44. The van der Waals surface area contributed by atoms with Crippen molar-refractivity contribution in [2.24, 2.45) is 0 Å². The summed E-state index contributed by atoms with van der Waals surface area (Å²) in [6, 6.07) is 7.59. The number of morpholine rings is 1. The molecular formula is C15H23NO3. The summed E-state index contributed by atoms with van der Waals surface area (Å²) < 4.78 is 11.5. The van der Waals surface area contributed by atoms with Crippen LogP contribution in [0.5, 0.6) is 5.75 Å². The topological polar surface area (TPSA) is 41.9 Å². The number of benzene rings is 1. The molecule has 1 N–H and O–H groups in total. The molecule has 0 radical (unpaired) electrons. The molecule has 0 spiro atoms. The Morgan fingerprint density at radius 3 is 3.11 bits per heavy atom. The molecule has 1 aliphatic rings. The average molecular weight is 265 g/mol. The van der Waals surface area contributed by atoms with Gasteiger partial charge in [-0.2, -0.15) is 0 Å². The lowest BCUT2D eigenvalue weighted by Gasteiger charge is -2.31. The van der Waals surface area contributed by atoms with Gasteiger partial charge >= 0.3 is 0 Å². The number of aliphatic hydroxyl groups is 1. The molecule has 1 saturated heterocycles. The summed E-state index contributed by atoms with van der Waals surface area (Å²) in [5.74, 6) is 0.788. The lowest BCUT2D eigenvalue weighted by molar-refractivity contribution is -0.0464. The molecule has 1 fully saturated rings. The van der Waals surface area contributed by atoms with Crippen molar-refractivity contribution in [2.75, 3.05) is 32.8 Å². The number of ether oxygens (including phenoxy) is 2. The summed E-state index contributed by atoms with van der Waals surface area (Å²) in [5.41, 5.74) is 0.872. The first kappa shape index (κ1) is 14.3. The maximum atomic E-state index is 9.54. The van der Waals surface area contributed by atoms with Crippen molar-refractivity contribution in [1.29, 1.82) is 0 Å². The molecular weight excluding hydrogens is 242 g/mol. The monoisotopic (exact) mass is 265 g/mol. The van der Waals surface area contributed by atoms with Crippen molar-refractivity contribution in [3.8, 4) is 5.75 Å². The number of nitrogens with zero attached hydrogens (tertiary/aromatic N) is 1. The standard InChI is InChI=1S/C15H23NO3/c1-3-16-7-8-18-15(10-16)11-19-14-6-4-5-13(9-14)12(2)17/h4-6,9,12,15,17H,3,7-8,10-11H2,1-2H3. The zero-order chi connectivity index (χ0) is 13.7. The van der Waals surface area contributed by atoms with E-state index in [-0.39, 0.29) is 6.10 Å². The smallest absolute Gasteiger partial charge is 0.119 e. The molecule has 2 rings (SSSR count). The number of likely N-dealkylation sites (N-methyl/N-ethyl adjacent to an activating group) is 1. The highest BCUT2D eigenvalue weighted by Crippen LogP contribution is 2.19. The van der Waals surface area contributed by atoms with Gasteiger partial charge in [0.15, 0.2) is 0 Å². The van der Waals surface area contributed by atoms with Crippen molar-refractivity contribution < 1.29 is 14.6 Å². The molecule has 1 heterocycles. The van der Waals surface area contributed by atoms with Gasteiger partial charge in [-0.05, 0) is 31.2 Å². The van der Waals surface area contributed by atoms with Crippen molar-refractivity contribution in [2.45, 2.75) is 26.1 Å². The van der Waals surface area contributed by atoms with Gasteiger partial charge in [-0.15, -0.1) is 0 Å². The van der Waals surface area contributed by atoms with Crippen LogP contribution in [0.25, 0.3) is 0 Å². The molecule has 4 nitrogen and oxygen atoms in total. The highest BCUT2D eigenvalue weighted by molar-refractivity contribution is 5.29. The molecule has 19 heavy (non-hydrogen) atoms. The van der Waals surface area contributed by atoms with Crippen LogP contribution in [0, 0.1) is 0 Å². The van der Waals surface area contributed by atoms with Crippen molar-refractivity contribution in [3.63, 3.8) is 0 Å². The van der Waals surface area contributed by atoms with Gasteiger partial charge in [0.1, 0.15) is 18.5 Å². The van der Waals surface area contributed by atoms with Crippen LogP contribution >= 0.6 is 0 Å². The Bertz CT molecular complexity index is 395. The molecule has 0 saturated carbocycles. The Labute approximate surface area is 114 Å². The number of rotatable bonds is 5. The Morgan fingerprint density at radius 2 is 2.37 bits per heavy atom. The van der Waals surface area contributed by atoms with E-state index in [1.54, 1.807) is 6.92 Å². The van der Waals surface area contributed by atoms with E-state index in [9.17, 15) is 5.11 Å². The third kappa shape index (κ3) is 4.20. The van der Waals surface area contributed by atoms with E-state index in [0.717, 1.165) is 37.6 Å².